The fraction of sp³-hybridized carbons (Fsp3) is 0.250. The van der Waals surface area contributed by atoms with Crippen LogP contribution >= 0.6 is 0 Å². The van der Waals surface area contributed by atoms with Crippen LogP contribution < -0.4 is 5.73 Å². The summed E-state index contributed by atoms with van der Waals surface area (Å²) in [5, 5.41) is 5.32. The fourth-order valence-electron chi connectivity index (χ4n) is 2.51. The maximum atomic E-state index is 6.35. The lowest BCUT2D eigenvalue weighted by atomic mass is 9.98. The molecule has 0 aliphatic carbocycles. The molecule has 0 radical (unpaired) electrons. The van der Waals surface area contributed by atoms with E-state index in [1.54, 1.807) is 0 Å². The van der Waals surface area contributed by atoms with E-state index < -0.39 is 0 Å². The lowest BCUT2D eigenvalue weighted by Crippen LogP contribution is -2.12. The Bertz CT molecular complexity index is 712. The van der Waals surface area contributed by atoms with Crippen LogP contribution in [-0.4, -0.2) is 14.8 Å². The molecule has 0 amide bonds. The third kappa shape index (κ3) is 2.56. The SMILES string of the molecule is Cn1cc(CCC(N)c2cccc3cccnc23)cn1. The van der Waals surface area contributed by atoms with Crippen molar-refractivity contribution in [2.45, 2.75) is 18.9 Å². The van der Waals surface area contributed by atoms with Crippen LogP contribution in [0.15, 0.2) is 48.9 Å². The van der Waals surface area contributed by atoms with Crippen molar-refractivity contribution in [2.75, 3.05) is 0 Å². The predicted octanol–water partition coefficient (Wildman–Crippen LogP) is 2.60. The Hall–Kier alpha value is -2.20. The summed E-state index contributed by atoms with van der Waals surface area (Å²) in [5.41, 5.74) is 9.69. The summed E-state index contributed by atoms with van der Waals surface area (Å²) >= 11 is 0. The molecule has 0 saturated heterocycles. The van der Waals surface area contributed by atoms with E-state index in [0.29, 0.717) is 0 Å². The van der Waals surface area contributed by atoms with Gasteiger partial charge in [0.1, 0.15) is 0 Å². The Morgan fingerprint density at radius 1 is 1.25 bits per heavy atom. The number of hydrogen-bond acceptors (Lipinski definition) is 3. The average Bonchev–Trinajstić information content (AvgIpc) is 2.90. The monoisotopic (exact) mass is 266 g/mol. The van der Waals surface area contributed by atoms with Gasteiger partial charge in [-0.25, -0.2) is 0 Å². The van der Waals surface area contributed by atoms with E-state index in [1.807, 2.05) is 42.5 Å². The molecule has 2 N–H and O–H groups in total. The van der Waals surface area contributed by atoms with Gasteiger partial charge in [-0.2, -0.15) is 5.10 Å². The van der Waals surface area contributed by atoms with E-state index in [-0.39, 0.29) is 6.04 Å². The van der Waals surface area contributed by atoms with Crippen LogP contribution in [0.1, 0.15) is 23.6 Å². The number of benzene rings is 1. The molecule has 2 heterocycles. The fourth-order valence-corrected chi connectivity index (χ4v) is 2.51. The minimum Gasteiger partial charge on any atom is -0.324 e. The largest absolute Gasteiger partial charge is 0.324 e. The molecule has 4 nitrogen and oxygen atoms in total. The molecule has 0 spiro atoms. The first kappa shape index (κ1) is 12.8. The molecule has 3 rings (SSSR count). The first-order valence-corrected chi connectivity index (χ1v) is 6.81. The lowest BCUT2D eigenvalue weighted by molar-refractivity contribution is 0.654. The zero-order valence-electron chi connectivity index (χ0n) is 11.5. The average molecular weight is 266 g/mol. The standard InChI is InChI=1S/C16H18N4/c1-20-11-12(10-19-20)7-8-15(17)14-6-2-4-13-5-3-9-18-16(13)14/h2-6,9-11,15H,7-8,17H2,1H3. The number of aryl methyl sites for hydroxylation is 2. The van der Waals surface area contributed by atoms with Crippen LogP contribution in [0.5, 0.6) is 0 Å². The molecule has 0 aliphatic heterocycles. The second kappa shape index (κ2) is 5.43. The first-order chi connectivity index (χ1) is 9.74. The summed E-state index contributed by atoms with van der Waals surface area (Å²) in [6.07, 6.45) is 7.57. The Morgan fingerprint density at radius 3 is 2.90 bits per heavy atom. The highest BCUT2D eigenvalue weighted by molar-refractivity contribution is 5.81. The van der Waals surface area contributed by atoms with Crippen molar-refractivity contribution in [3.05, 3.63) is 60.0 Å². The molecule has 102 valence electrons. The first-order valence-electron chi connectivity index (χ1n) is 6.81. The summed E-state index contributed by atoms with van der Waals surface area (Å²) in [7, 11) is 1.93. The number of aromatic nitrogens is 3. The second-order valence-electron chi connectivity index (χ2n) is 5.09. The molecule has 1 unspecified atom stereocenters. The highest BCUT2D eigenvalue weighted by Gasteiger charge is 2.11. The number of rotatable bonds is 4. The minimum atomic E-state index is -0.00574. The Morgan fingerprint density at radius 2 is 2.10 bits per heavy atom. The van der Waals surface area contributed by atoms with Gasteiger partial charge < -0.3 is 5.73 Å². The third-order valence-corrected chi connectivity index (χ3v) is 3.57. The van der Waals surface area contributed by atoms with Crippen molar-refractivity contribution in [3.8, 4) is 0 Å². The number of hydrogen-bond donors (Lipinski definition) is 1. The van der Waals surface area contributed by atoms with Crippen LogP contribution in [0.3, 0.4) is 0 Å². The van der Waals surface area contributed by atoms with E-state index in [0.717, 1.165) is 29.3 Å². The Balaban J connectivity index is 1.80. The highest BCUT2D eigenvalue weighted by Crippen LogP contribution is 2.23. The number of nitrogens with two attached hydrogens (primary N) is 1. The highest BCUT2D eigenvalue weighted by atomic mass is 15.2. The van der Waals surface area contributed by atoms with Crippen molar-refractivity contribution < 1.29 is 0 Å². The van der Waals surface area contributed by atoms with Crippen LogP contribution in [0.2, 0.25) is 0 Å². The van der Waals surface area contributed by atoms with Crippen molar-refractivity contribution in [1.29, 1.82) is 0 Å². The Kier molecular flexibility index (Phi) is 3.48. The van der Waals surface area contributed by atoms with Gasteiger partial charge >= 0.3 is 0 Å². The topological polar surface area (TPSA) is 56.7 Å². The molecule has 0 bridgehead atoms. The molecule has 0 saturated carbocycles. The van der Waals surface area contributed by atoms with E-state index >= 15 is 0 Å². The molecule has 4 heteroatoms. The quantitative estimate of drug-likeness (QED) is 0.789. The van der Waals surface area contributed by atoms with E-state index in [4.69, 9.17) is 5.73 Å². The van der Waals surface area contributed by atoms with Crippen molar-refractivity contribution >= 4 is 10.9 Å². The van der Waals surface area contributed by atoms with Gasteiger partial charge in [-0.05, 0) is 30.0 Å². The zero-order chi connectivity index (χ0) is 13.9. The van der Waals surface area contributed by atoms with Gasteiger partial charge in [-0.15, -0.1) is 0 Å². The van der Waals surface area contributed by atoms with E-state index in [9.17, 15) is 0 Å². The lowest BCUT2D eigenvalue weighted by Gasteiger charge is -2.13. The van der Waals surface area contributed by atoms with Gasteiger partial charge in [0, 0.05) is 30.9 Å². The normalized spacial score (nSPS) is 12.7. The Labute approximate surface area is 118 Å². The minimum absolute atomic E-state index is 0.00574. The van der Waals surface area contributed by atoms with Gasteiger partial charge in [0.15, 0.2) is 0 Å². The summed E-state index contributed by atoms with van der Waals surface area (Å²) < 4.78 is 1.82. The molecular formula is C16H18N4. The maximum Gasteiger partial charge on any atom is 0.0749 e. The van der Waals surface area contributed by atoms with Crippen LogP contribution in [0.25, 0.3) is 10.9 Å². The second-order valence-corrected chi connectivity index (χ2v) is 5.09. The molecule has 0 fully saturated rings. The number of nitrogens with zero attached hydrogens (tertiary/aromatic N) is 3. The molecule has 1 aromatic carbocycles. The number of pyridine rings is 1. The molecule has 1 atom stereocenters. The van der Waals surface area contributed by atoms with Crippen molar-refractivity contribution in [2.24, 2.45) is 12.8 Å². The number of para-hydroxylation sites is 1. The predicted molar refractivity (Wildman–Crippen MR) is 80.2 cm³/mol. The van der Waals surface area contributed by atoms with E-state index in [1.165, 1.54) is 5.56 Å². The molecular weight excluding hydrogens is 248 g/mol. The molecule has 2 aromatic heterocycles. The van der Waals surface area contributed by atoms with Crippen LogP contribution in [-0.2, 0) is 13.5 Å². The molecule has 20 heavy (non-hydrogen) atoms. The summed E-state index contributed by atoms with van der Waals surface area (Å²) in [6, 6.07) is 10.2. The third-order valence-electron chi connectivity index (χ3n) is 3.57. The summed E-state index contributed by atoms with van der Waals surface area (Å²) in [4.78, 5) is 4.46. The smallest absolute Gasteiger partial charge is 0.0749 e. The summed E-state index contributed by atoms with van der Waals surface area (Å²) in [5.74, 6) is 0. The number of fused-ring (bicyclic) bond motifs is 1. The van der Waals surface area contributed by atoms with Crippen LogP contribution in [0.4, 0.5) is 0 Å². The van der Waals surface area contributed by atoms with Gasteiger partial charge in [-0.1, -0.05) is 24.3 Å². The molecule has 3 aromatic rings. The van der Waals surface area contributed by atoms with E-state index in [2.05, 4.69) is 28.3 Å². The zero-order valence-corrected chi connectivity index (χ0v) is 11.5. The van der Waals surface area contributed by atoms with Gasteiger partial charge in [0.2, 0.25) is 0 Å². The van der Waals surface area contributed by atoms with Gasteiger partial charge in [0.05, 0.1) is 11.7 Å². The maximum absolute atomic E-state index is 6.35. The van der Waals surface area contributed by atoms with Crippen LogP contribution in [0, 0.1) is 0 Å². The van der Waals surface area contributed by atoms with Gasteiger partial charge in [-0.3, -0.25) is 9.67 Å². The summed E-state index contributed by atoms with van der Waals surface area (Å²) in [6.45, 7) is 0. The molecule has 0 aliphatic rings. The van der Waals surface area contributed by atoms with Crippen molar-refractivity contribution in [1.82, 2.24) is 14.8 Å². The van der Waals surface area contributed by atoms with Crippen molar-refractivity contribution in [3.63, 3.8) is 0 Å². The van der Waals surface area contributed by atoms with Gasteiger partial charge in [0.25, 0.3) is 0 Å².